The van der Waals surface area contributed by atoms with Crippen LogP contribution in [0, 0.1) is 17.2 Å². The van der Waals surface area contributed by atoms with Crippen LogP contribution in [0.1, 0.15) is 55.5 Å². The van der Waals surface area contributed by atoms with Crippen LogP contribution in [0.15, 0.2) is 24.3 Å². The molecule has 0 radical (unpaired) electrons. The summed E-state index contributed by atoms with van der Waals surface area (Å²) < 4.78 is 5.21. The van der Waals surface area contributed by atoms with Crippen molar-refractivity contribution in [3.8, 4) is 6.07 Å². The number of hydrogen-bond donors (Lipinski definition) is 1. The SMILES string of the molecule is CC(OC(=O)c1cccc(C#N)c1)C(=O)NC1CCCCC1C. The van der Waals surface area contributed by atoms with Crippen LogP contribution in [0.25, 0.3) is 0 Å². The number of carbonyl (C=O) groups excluding carboxylic acids is 2. The van der Waals surface area contributed by atoms with Gasteiger partial charge in [-0.05, 0) is 43.9 Å². The second-order valence-electron chi connectivity index (χ2n) is 6.12. The normalized spacial score (nSPS) is 21.8. The number of hydrogen-bond acceptors (Lipinski definition) is 4. The largest absolute Gasteiger partial charge is 0.449 e. The smallest absolute Gasteiger partial charge is 0.338 e. The first-order valence-corrected chi connectivity index (χ1v) is 8.02. The Kier molecular flexibility index (Phi) is 5.75. The van der Waals surface area contributed by atoms with Crippen molar-refractivity contribution in [2.75, 3.05) is 0 Å². The van der Waals surface area contributed by atoms with Gasteiger partial charge in [0.05, 0.1) is 17.2 Å². The summed E-state index contributed by atoms with van der Waals surface area (Å²) in [5, 5.41) is 11.8. The molecule has 122 valence electrons. The minimum atomic E-state index is -0.859. The molecular formula is C18H22N2O3. The van der Waals surface area contributed by atoms with Gasteiger partial charge < -0.3 is 10.1 Å². The number of amides is 1. The number of nitriles is 1. The lowest BCUT2D eigenvalue weighted by molar-refractivity contribution is -0.130. The highest BCUT2D eigenvalue weighted by atomic mass is 16.5. The molecule has 0 spiro atoms. The van der Waals surface area contributed by atoms with Gasteiger partial charge in [-0.3, -0.25) is 4.79 Å². The molecule has 1 aromatic rings. The van der Waals surface area contributed by atoms with Crippen LogP contribution < -0.4 is 5.32 Å². The van der Waals surface area contributed by atoms with Gasteiger partial charge in [0.15, 0.2) is 6.10 Å². The van der Waals surface area contributed by atoms with Crippen molar-refractivity contribution in [1.29, 1.82) is 5.26 Å². The van der Waals surface area contributed by atoms with E-state index in [0.717, 1.165) is 19.3 Å². The van der Waals surface area contributed by atoms with Crippen LogP contribution in [0.5, 0.6) is 0 Å². The third-order valence-corrected chi connectivity index (χ3v) is 4.32. The summed E-state index contributed by atoms with van der Waals surface area (Å²) in [5.41, 5.74) is 0.655. The average molecular weight is 314 g/mol. The zero-order valence-corrected chi connectivity index (χ0v) is 13.5. The van der Waals surface area contributed by atoms with Crippen molar-refractivity contribution in [3.63, 3.8) is 0 Å². The van der Waals surface area contributed by atoms with Gasteiger partial charge in [0.25, 0.3) is 5.91 Å². The highest BCUT2D eigenvalue weighted by Crippen LogP contribution is 2.23. The number of rotatable bonds is 4. The number of ether oxygens (including phenoxy) is 1. The molecule has 1 aliphatic rings. The minimum Gasteiger partial charge on any atom is -0.449 e. The number of benzene rings is 1. The molecule has 1 N–H and O–H groups in total. The molecule has 0 aliphatic heterocycles. The molecule has 1 saturated carbocycles. The molecule has 1 aliphatic carbocycles. The molecule has 3 atom stereocenters. The predicted molar refractivity (Wildman–Crippen MR) is 85.6 cm³/mol. The molecule has 1 aromatic carbocycles. The van der Waals surface area contributed by atoms with Crippen LogP contribution in [0.4, 0.5) is 0 Å². The first-order valence-electron chi connectivity index (χ1n) is 8.02. The Morgan fingerprint density at radius 3 is 2.78 bits per heavy atom. The summed E-state index contributed by atoms with van der Waals surface area (Å²) in [5.74, 6) is -0.419. The topological polar surface area (TPSA) is 79.2 Å². The van der Waals surface area contributed by atoms with E-state index in [9.17, 15) is 9.59 Å². The Hall–Kier alpha value is -2.35. The van der Waals surface area contributed by atoms with E-state index in [1.54, 1.807) is 25.1 Å². The van der Waals surface area contributed by atoms with Crippen LogP contribution >= 0.6 is 0 Å². The Morgan fingerprint density at radius 1 is 1.35 bits per heavy atom. The second-order valence-corrected chi connectivity index (χ2v) is 6.12. The highest BCUT2D eigenvalue weighted by molar-refractivity contribution is 5.92. The van der Waals surface area contributed by atoms with Gasteiger partial charge in [0.1, 0.15) is 0 Å². The van der Waals surface area contributed by atoms with Crippen LogP contribution in [0.2, 0.25) is 0 Å². The molecule has 2 rings (SSSR count). The first kappa shape index (κ1) is 17.0. The number of carbonyl (C=O) groups is 2. The van der Waals surface area contributed by atoms with Crippen molar-refractivity contribution >= 4 is 11.9 Å². The van der Waals surface area contributed by atoms with E-state index >= 15 is 0 Å². The lowest BCUT2D eigenvalue weighted by Crippen LogP contribution is -2.45. The maximum absolute atomic E-state index is 12.2. The first-order chi connectivity index (χ1) is 11.0. The van der Waals surface area contributed by atoms with Gasteiger partial charge in [-0.1, -0.05) is 25.8 Å². The summed E-state index contributed by atoms with van der Waals surface area (Å²) in [6.45, 7) is 3.70. The van der Waals surface area contributed by atoms with Crippen LogP contribution in [-0.2, 0) is 9.53 Å². The number of esters is 1. The predicted octanol–water partition coefficient (Wildman–Crippen LogP) is 2.80. The summed E-state index contributed by atoms with van der Waals surface area (Å²) >= 11 is 0. The van der Waals surface area contributed by atoms with Gasteiger partial charge in [-0.2, -0.15) is 5.26 Å². The van der Waals surface area contributed by atoms with E-state index < -0.39 is 12.1 Å². The Balaban J connectivity index is 1.92. The van der Waals surface area contributed by atoms with Crippen molar-refractivity contribution in [1.82, 2.24) is 5.32 Å². The molecule has 5 heteroatoms. The zero-order chi connectivity index (χ0) is 16.8. The summed E-state index contributed by atoms with van der Waals surface area (Å²) in [6, 6.07) is 8.37. The molecule has 3 unspecified atom stereocenters. The lowest BCUT2D eigenvalue weighted by Gasteiger charge is -2.30. The summed E-state index contributed by atoms with van der Waals surface area (Å²) in [7, 11) is 0. The van der Waals surface area contributed by atoms with Gasteiger partial charge in [0, 0.05) is 6.04 Å². The van der Waals surface area contributed by atoms with Gasteiger partial charge >= 0.3 is 5.97 Å². The van der Waals surface area contributed by atoms with E-state index in [1.165, 1.54) is 12.5 Å². The standard InChI is InChI=1S/C18H22N2O3/c1-12-6-3-4-9-16(12)20-17(21)13(2)23-18(22)15-8-5-7-14(10-15)11-19/h5,7-8,10,12-13,16H,3-4,6,9H2,1-2H3,(H,20,21). The van der Waals surface area contributed by atoms with Crippen molar-refractivity contribution < 1.29 is 14.3 Å². The van der Waals surface area contributed by atoms with Crippen molar-refractivity contribution in [2.45, 2.75) is 51.7 Å². The molecule has 0 heterocycles. The number of nitrogens with zero attached hydrogens (tertiary/aromatic N) is 1. The third-order valence-electron chi connectivity index (χ3n) is 4.32. The minimum absolute atomic E-state index is 0.152. The summed E-state index contributed by atoms with van der Waals surface area (Å²) in [6.07, 6.45) is 3.54. The lowest BCUT2D eigenvalue weighted by atomic mass is 9.86. The molecule has 0 saturated heterocycles. The fraction of sp³-hybridized carbons (Fsp3) is 0.500. The molecule has 1 fully saturated rings. The fourth-order valence-corrected chi connectivity index (χ4v) is 2.83. The maximum atomic E-state index is 12.2. The van der Waals surface area contributed by atoms with Crippen molar-refractivity contribution in [2.24, 2.45) is 5.92 Å². The molecule has 0 bridgehead atoms. The van der Waals surface area contributed by atoms with E-state index in [1.807, 2.05) is 6.07 Å². The van der Waals surface area contributed by atoms with Gasteiger partial charge in [-0.25, -0.2) is 4.79 Å². The zero-order valence-electron chi connectivity index (χ0n) is 13.5. The molecule has 1 amide bonds. The monoisotopic (exact) mass is 314 g/mol. The maximum Gasteiger partial charge on any atom is 0.338 e. The Labute approximate surface area is 136 Å². The van der Waals surface area contributed by atoms with Crippen LogP contribution in [0.3, 0.4) is 0 Å². The van der Waals surface area contributed by atoms with E-state index in [0.29, 0.717) is 11.5 Å². The third kappa shape index (κ3) is 4.56. The fourth-order valence-electron chi connectivity index (χ4n) is 2.83. The van der Waals surface area contributed by atoms with Gasteiger partial charge in [-0.15, -0.1) is 0 Å². The average Bonchev–Trinajstić information content (AvgIpc) is 2.56. The summed E-state index contributed by atoms with van der Waals surface area (Å²) in [4.78, 5) is 24.3. The highest BCUT2D eigenvalue weighted by Gasteiger charge is 2.26. The van der Waals surface area contributed by atoms with Crippen LogP contribution in [-0.4, -0.2) is 24.0 Å². The Bertz CT molecular complexity index is 621. The quantitative estimate of drug-likeness (QED) is 0.867. The Morgan fingerprint density at radius 2 is 2.09 bits per heavy atom. The molecule has 23 heavy (non-hydrogen) atoms. The van der Waals surface area contributed by atoms with E-state index in [2.05, 4.69) is 12.2 Å². The van der Waals surface area contributed by atoms with Crippen molar-refractivity contribution in [3.05, 3.63) is 35.4 Å². The molecule has 0 aromatic heterocycles. The van der Waals surface area contributed by atoms with E-state index in [4.69, 9.17) is 10.00 Å². The van der Waals surface area contributed by atoms with Gasteiger partial charge in [0.2, 0.25) is 0 Å². The molecule has 5 nitrogen and oxygen atoms in total. The molecular weight excluding hydrogens is 292 g/mol. The number of nitrogens with one attached hydrogen (secondary N) is 1. The van der Waals surface area contributed by atoms with E-state index in [-0.39, 0.29) is 17.5 Å². The second kappa shape index (κ2) is 7.77.